The first-order valence-electron chi connectivity index (χ1n) is 5.51. The average Bonchev–Trinajstić information content (AvgIpc) is 2.84. The highest BCUT2D eigenvalue weighted by Crippen LogP contribution is 2.35. The molecule has 1 heterocycles. The molecule has 106 valence electrons. The molecule has 2 rings (SSSR count). The van der Waals surface area contributed by atoms with E-state index in [2.05, 4.69) is 36.6 Å². The van der Waals surface area contributed by atoms with Crippen LogP contribution >= 0.6 is 43.2 Å². The predicted octanol–water partition coefficient (Wildman–Crippen LogP) is 2.80. The highest BCUT2D eigenvalue weighted by atomic mass is 79.9. The SMILES string of the molecule is O=C(O)C1CCCC1NS(=O)(=O)c1cc(Br)sc1Br. The van der Waals surface area contributed by atoms with E-state index < -0.39 is 28.0 Å². The van der Waals surface area contributed by atoms with Gasteiger partial charge in [-0.2, -0.15) is 0 Å². The number of aliphatic carboxylic acids is 1. The Labute approximate surface area is 131 Å². The molecule has 1 saturated carbocycles. The fraction of sp³-hybridized carbons (Fsp3) is 0.500. The summed E-state index contributed by atoms with van der Waals surface area (Å²) in [6, 6.07) is 0.968. The molecule has 0 saturated heterocycles. The Hall–Kier alpha value is 0.0400. The molecule has 5 nitrogen and oxygen atoms in total. The number of hydrogen-bond acceptors (Lipinski definition) is 4. The Morgan fingerprint density at radius 2 is 2.11 bits per heavy atom. The van der Waals surface area contributed by atoms with Crippen molar-refractivity contribution in [3.05, 3.63) is 13.6 Å². The summed E-state index contributed by atoms with van der Waals surface area (Å²) in [4.78, 5) is 11.2. The van der Waals surface area contributed by atoms with Gasteiger partial charge in [-0.3, -0.25) is 4.79 Å². The van der Waals surface area contributed by atoms with Gasteiger partial charge in [0.2, 0.25) is 10.0 Å². The van der Waals surface area contributed by atoms with Crippen LogP contribution in [0.5, 0.6) is 0 Å². The summed E-state index contributed by atoms with van der Waals surface area (Å²) in [5.74, 6) is -1.59. The molecular formula is C10H11Br2NO4S2. The van der Waals surface area contributed by atoms with Crippen LogP contribution in [0.25, 0.3) is 0 Å². The third-order valence-electron chi connectivity index (χ3n) is 3.05. The zero-order valence-corrected chi connectivity index (χ0v) is 14.4. The molecule has 2 unspecified atom stereocenters. The zero-order chi connectivity index (χ0) is 14.2. The lowest BCUT2D eigenvalue weighted by Gasteiger charge is -2.17. The fourth-order valence-electron chi connectivity index (χ4n) is 2.17. The summed E-state index contributed by atoms with van der Waals surface area (Å²) in [6.45, 7) is 0. The van der Waals surface area contributed by atoms with Gasteiger partial charge in [0.1, 0.15) is 4.90 Å². The van der Waals surface area contributed by atoms with Crippen LogP contribution < -0.4 is 4.72 Å². The number of carbonyl (C=O) groups is 1. The number of thiophene rings is 1. The van der Waals surface area contributed by atoms with E-state index in [1.165, 1.54) is 17.4 Å². The molecule has 2 atom stereocenters. The Morgan fingerprint density at radius 3 is 2.63 bits per heavy atom. The standard InChI is InChI=1S/C10H11Br2NO4S2/c11-8-4-7(9(12)18-8)19(16,17)13-6-3-1-2-5(6)10(14)15/h4-6,13H,1-3H2,(H,14,15). The number of rotatable bonds is 4. The Bertz CT molecular complexity index is 599. The van der Waals surface area contributed by atoms with Gasteiger partial charge < -0.3 is 5.11 Å². The molecule has 1 aliphatic rings. The van der Waals surface area contributed by atoms with E-state index in [1.807, 2.05) is 0 Å². The average molecular weight is 433 g/mol. The van der Waals surface area contributed by atoms with Crippen LogP contribution in [0.15, 0.2) is 18.5 Å². The number of carboxylic acids is 1. The van der Waals surface area contributed by atoms with Crippen LogP contribution in [0, 0.1) is 5.92 Å². The highest BCUT2D eigenvalue weighted by Gasteiger charge is 2.36. The second-order valence-corrected chi connectivity index (χ2v) is 9.72. The molecule has 2 N–H and O–H groups in total. The first-order chi connectivity index (χ1) is 8.81. The van der Waals surface area contributed by atoms with Crippen molar-refractivity contribution in [2.24, 2.45) is 5.92 Å². The smallest absolute Gasteiger partial charge is 0.308 e. The van der Waals surface area contributed by atoms with Crippen molar-refractivity contribution in [1.29, 1.82) is 0 Å². The maximum Gasteiger partial charge on any atom is 0.308 e. The number of hydrogen-bond donors (Lipinski definition) is 2. The number of carboxylic acid groups (broad SMARTS) is 1. The minimum atomic E-state index is -3.70. The van der Waals surface area contributed by atoms with Gasteiger partial charge in [0.15, 0.2) is 0 Å². The summed E-state index contributed by atoms with van der Waals surface area (Å²) in [6.07, 6.45) is 1.79. The number of nitrogens with one attached hydrogen (secondary N) is 1. The molecule has 1 aromatic heterocycles. The minimum absolute atomic E-state index is 0.139. The fourth-order valence-corrected chi connectivity index (χ4v) is 7.29. The summed E-state index contributed by atoms with van der Waals surface area (Å²) in [5, 5.41) is 9.06. The van der Waals surface area contributed by atoms with Gasteiger partial charge in [0, 0.05) is 6.04 Å². The van der Waals surface area contributed by atoms with Crippen LogP contribution in [-0.2, 0) is 14.8 Å². The molecule has 0 bridgehead atoms. The summed E-state index contributed by atoms with van der Waals surface area (Å²) in [5.41, 5.74) is 0. The van der Waals surface area contributed by atoms with E-state index >= 15 is 0 Å². The normalized spacial score (nSPS) is 23.7. The summed E-state index contributed by atoms with van der Waals surface area (Å²) in [7, 11) is -3.70. The lowest BCUT2D eigenvalue weighted by Crippen LogP contribution is -2.40. The van der Waals surface area contributed by atoms with Crippen molar-refractivity contribution in [2.45, 2.75) is 30.2 Å². The van der Waals surface area contributed by atoms with Crippen molar-refractivity contribution in [1.82, 2.24) is 4.72 Å². The minimum Gasteiger partial charge on any atom is -0.481 e. The van der Waals surface area contributed by atoms with E-state index in [-0.39, 0.29) is 4.90 Å². The molecular weight excluding hydrogens is 422 g/mol. The summed E-state index contributed by atoms with van der Waals surface area (Å²) >= 11 is 7.68. The van der Waals surface area contributed by atoms with Gasteiger partial charge in [-0.1, -0.05) is 6.42 Å². The van der Waals surface area contributed by atoms with Crippen molar-refractivity contribution < 1.29 is 18.3 Å². The highest BCUT2D eigenvalue weighted by molar-refractivity contribution is 9.12. The zero-order valence-electron chi connectivity index (χ0n) is 9.60. The maximum absolute atomic E-state index is 12.2. The van der Waals surface area contributed by atoms with Gasteiger partial charge in [-0.25, -0.2) is 13.1 Å². The maximum atomic E-state index is 12.2. The van der Waals surface area contributed by atoms with E-state index in [0.29, 0.717) is 20.4 Å². The first-order valence-corrected chi connectivity index (χ1v) is 9.40. The van der Waals surface area contributed by atoms with Crippen molar-refractivity contribution in [2.75, 3.05) is 0 Å². The quantitative estimate of drug-likeness (QED) is 0.766. The topological polar surface area (TPSA) is 83.5 Å². The molecule has 0 radical (unpaired) electrons. The van der Waals surface area contributed by atoms with E-state index in [9.17, 15) is 13.2 Å². The van der Waals surface area contributed by atoms with Gasteiger partial charge in [-0.05, 0) is 50.8 Å². The van der Waals surface area contributed by atoms with Crippen molar-refractivity contribution in [3.8, 4) is 0 Å². The van der Waals surface area contributed by atoms with Crippen molar-refractivity contribution in [3.63, 3.8) is 0 Å². The number of sulfonamides is 1. The first kappa shape index (κ1) is 15.4. The monoisotopic (exact) mass is 431 g/mol. The van der Waals surface area contributed by atoms with Crippen LogP contribution in [-0.4, -0.2) is 25.5 Å². The molecule has 0 aliphatic heterocycles. The van der Waals surface area contributed by atoms with Crippen LogP contribution in [0.3, 0.4) is 0 Å². The van der Waals surface area contributed by atoms with E-state index in [4.69, 9.17) is 5.11 Å². The van der Waals surface area contributed by atoms with E-state index in [1.54, 1.807) is 0 Å². The van der Waals surface area contributed by atoms with E-state index in [0.717, 1.165) is 6.42 Å². The van der Waals surface area contributed by atoms with Gasteiger partial charge >= 0.3 is 5.97 Å². The van der Waals surface area contributed by atoms with Crippen LogP contribution in [0.4, 0.5) is 0 Å². The lowest BCUT2D eigenvalue weighted by molar-refractivity contribution is -0.141. The molecule has 1 aliphatic carbocycles. The van der Waals surface area contributed by atoms with Crippen molar-refractivity contribution >= 4 is 59.2 Å². The molecule has 19 heavy (non-hydrogen) atoms. The molecule has 1 fully saturated rings. The number of halogens is 2. The molecule has 1 aromatic rings. The largest absolute Gasteiger partial charge is 0.481 e. The predicted molar refractivity (Wildman–Crippen MR) is 78.8 cm³/mol. The van der Waals surface area contributed by atoms with Gasteiger partial charge in [-0.15, -0.1) is 11.3 Å². The second kappa shape index (κ2) is 5.80. The lowest BCUT2D eigenvalue weighted by atomic mass is 10.1. The van der Waals surface area contributed by atoms with Gasteiger partial charge in [0.25, 0.3) is 0 Å². The Balaban J connectivity index is 2.22. The van der Waals surface area contributed by atoms with Crippen LogP contribution in [0.2, 0.25) is 0 Å². The van der Waals surface area contributed by atoms with Crippen LogP contribution in [0.1, 0.15) is 19.3 Å². The van der Waals surface area contributed by atoms with Gasteiger partial charge in [0.05, 0.1) is 13.5 Å². The second-order valence-electron chi connectivity index (χ2n) is 4.29. The summed E-state index contributed by atoms with van der Waals surface area (Å²) < 4.78 is 28.2. The molecule has 0 amide bonds. The Kier molecular flexibility index (Phi) is 4.71. The third kappa shape index (κ3) is 3.38. The third-order valence-corrected chi connectivity index (χ3v) is 7.30. The molecule has 9 heteroatoms. The molecule has 0 spiro atoms. The molecule has 0 aromatic carbocycles. The Morgan fingerprint density at radius 1 is 1.42 bits per heavy atom.